The maximum atomic E-state index is 13.0. The Morgan fingerprint density at radius 3 is 2.47 bits per heavy atom. The summed E-state index contributed by atoms with van der Waals surface area (Å²) in [6, 6.07) is 14.2. The molecule has 2 heterocycles. The van der Waals surface area contributed by atoms with Crippen LogP contribution in [0.15, 0.2) is 60.0 Å². The van der Waals surface area contributed by atoms with E-state index >= 15 is 0 Å². The molecule has 4 rings (SSSR count). The van der Waals surface area contributed by atoms with Crippen LogP contribution >= 0.6 is 11.3 Å². The number of hydrogen-bond donors (Lipinski definition) is 3. The summed E-state index contributed by atoms with van der Waals surface area (Å²) in [5.41, 5.74) is 6.94. The minimum atomic E-state index is -0.485. The molecule has 7 nitrogen and oxygen atoms in total. The number of likely N-dealkylation sites (tertiary alicyclic amines) is 1. The van der Waals surface area contributed by atoms with Gasteiger partial charge in [-0.2, -0.15) is 0 Å². The minimum Gasteiger partial charge on any atom is -0.457 e. The van der Waals surface area contributed by atoms with Crippen LogP contribution in [0.5, 0.6) is 11.5 Å². The third kappa shape index (κ3) is 5.79. The fraction of sp³-hybridized carbons (Fsp3) is 0.240. The summed E-state index contributed by atoms with van der Waals surface area (Å²) >= 11 is 1.43. The second-order valence-corrected chi connectivity index (χ2v) is 9.05. The lowest BCUT2D eigenvalue weighted by molar-refractivity contribution is -0.138. The Balaban J connectivity index is 1.31. The molecule has 2 amide bonds. The molecule has 1 aromatic heterocycles. The molecule has 1 atom stereocenters. The Bertz CT molecular complexity index is 1180. The van der Waals surface area contributed by atoms with E-state index < -0.39 is 6.04 Å². The lowest BCUT2D eigenvalue weighted by Gasteiger charge is -2.24. The van der Waals surface area contributed by atoms with Gasteiger partial charge in [0.1, 0.15) is 29.2 Å². The van der Waals surface area contributed by atoms with Gasteiger partial charge in [0.15, 0.2) is 0 Å². The molecule has 3 aromatic rings. The van der Waals surface area contributed by atoms with Gasteiger partial charge in [0.05, 0.1) is 13.0 Å². The Kier molecular flexibility index (Phi) is 7.22. The number of rotatable bonds is 8. The van der Waals surface area contributed by atoms with Gasteiger partial charge in [-0.05, 0) is 60.9 Å². The second kappa shape index (κ2) is 10.5. The van der Waals surface area contributed by atoms with Gasteiger partial charge in [0.25, 0.3) is 0 Å². The molecule has 0 aliphatic carbocycles. The summed E-state index contributed by atoms with van der Waals surface area (Å²) < 4.78 is 18.7. The van der Waals surface area contributed by atoms with E-state index in [1.54, 1.807) is 40.6 Å². The fourth-order valence-corrected chi connectivity index (χ4v) is 4.66. The van der Waals surface area contributed by atoms with Crippen LogP contribution in [0.4, 0.5) is 4.39 Å². The molecule has 1 aliphatic heterocycles. The number of nitrogens with zero attached hydrogens (tertiary/aromatic N) is 1. The van der Waals surface area contributed by atoms with E-state index in [1.165, 1.54) is 23.5 Å². The van der Waals surface area contributed by atoms with Gasteiger partial charge in [0, 0.05) is 22.4 Å². The maximum Gasteiger partial charge on any atom is 0.243 e. The number of thiophene rings is 1. The number of ether oxygens (including phenoxy) is 1. The van der Waals surface area contributed by atoms with Crippen LogP contribution in [-0.4, -0.2) is 35.1 Å². The van der Waals surface area contributed by atoms with Gasteiger partial charge in [-0.15, -0.1) is 11.3 Å². The SMILES string of the molecule is N=C(N)c1csc(CNC(=O)C2CCCN2C(=O)Cc2ccc(Oc3ccc(F)cc3)cc2)c1. The lowest BCUT2D eigenvalue weighted by Crippen LogP contribution is -2.46. The number of carbonyl (C=O) groups excluding carboxylic acids is 2. The first-order valence-corrected chi connectivity index (χ1v) is 11.8. The standard InChI is InChI=1S/C25H25FN4O3S/c26-18-5-9-20(10-6-18)33-19-7-3-16(4-8-19)12-23(31)30-11-1-2-22(30)25(32)29-14-21-13-17(15-34-21)24(27)28/h3-10,13,15,22H,1-2,11-12,14H2,(H3,27,28)(H,29,32). The zero-order valence-electron chi connectivity index (χ0n) is 18.4. The van der Waals surface area contributed by atoms with E-state index in [-0.39, 0.29) is 29.9 Å². The fourth-order valence-electron chi connectivity index (χ4n) is 3.83. The molecular formula is C25H25FN4O3S. The zero-order valence-corrected chi connectivity index (χ0v) is 19.2. The van der Waals surface area contributed by atoms with Crippen LogP contribution in [0.25, 0.3) is 0 Å². The van der Waals surface area contributed by atoms with Gasteiger partial charge < -0.3 is 20.7 Å². The van der Waals surface area contributed by atoms with Gasteiger partial charge in [-0.25, -0.2) is 4.39 Å². The van der Waals surface area contributed by atoms with E-state index in [0.29, 0.717) is 36.6 Å². The quantitative estimate of drug-likeness (QED) is 0.336. The van der Waals surface area contributed by atoms with Gasteiger partial charge in [-0.3, -0.25) is 15.0 Å². The van der Waals surface area contributed by atoms with E-state index in [4.69, 9.17) is 15.9 Å². The highest BCUT2D eigenvalue weighted by atomic mass is 32.1. The number of benzene rings is 2. The van der Waals surface area contributed by atoms with Crippen LogP contribution in [0.1, 0.15) is 28.8 Å². The summed E-state index contributed by atoms with van der Waals surface area (Å²) in [7, 11) is 0. The number of nitrogens with two attached hydrogens (primary N) is 1. The molecule has 1 unspecified atom stereocenters. The number of nitrogens with one attached hydrogen (secondary N) is 2. The van der Waals surface area contributed by atoms with Crippen molar-refractivity contribution in [3.05, 3.63) is 81.8 Å². The first kappa shape index (κ1) is 23.4. The highest BCUT2D eigenvalue weighted by Crippen LogP contribution is 2.23. The second-order valence-electron chi connectivity index (χ2n) is 8.06. The van der Waals surface area contributed by atoms with Crippen molar-refractivity contribution in [1.82, 2.24) is 10.2 Å². The number of halogens is 1. The Morgan fingerprint density at radius 2 is 1.82 bits per heavy atom. The van der Waals surface area contributed by atoms with E-state index in [9.17, 15) is 14.0 Å². The van der Waals surface area contributed by atoms with Gasteiger partial charge >= 0.3 is 0 Å². The predicted molar refractivity (Wildman–Crippen MR) is 129 cm³/mol. The van der Waals surface area contributed by atoms with Crippen molar-refractivity contribution in [1.29, 1.82) is 5.41 Å². The number of amidine groups is 1. The van der Waals surface area contributed by atoms with E-state index in [2.05, 4.69) is 5.32 Å². The van der Waals surface area contributed by atoms with Crippen LogP contribution in [0.3, 0.4) is 0 Å². The first-order valence-electron chi connectivity index (χ1n) is 10.9. The maximum absolute atomic E-state index is 13.0. The van der Waals surface area contributed by atoms with Crippen molar-refractivity contribution in [3.63, 3.8) is 0 Å². The number of hydrogen-bond acceptors (Lipinski definition) is 5. The molecule has 34 heavy (non-hydrogen) atoms. The topological polar surface area (TPSA) is 109 Å². The molecule has 0 saturated carbocycles. The van der Waals surface area contributed by atoms with E-state index in [0.717, 1.165) is 16.9 Å². The van der Waals surface area contributed by atoms with Crippen molar-refractivity contribution < 1.29 is 18.7 Å². The monoisotopic (exact) mass is 480 g/mol. The van der Waals surface area contributed by atoms with Crippen molar-refractivity contribution in [2.45, 2.75) is 31.8 Å². The predicted octanol–water partition coefficient (Wildman–Crippen LogP) is 3.81. The van der Waals surface area contributed by atoms with Crippen molar-refractivity contribution in [2.75, 3.05) is 6.54 Å². The highest BCUT2D eigenvalue weighted by Gasteiger charge is 2.33. The molecule has 0 spiro atoms. The van der Waals surface area contributed by atoms with Gasteiger partial charge in [0.2, 0.25) is 11.8 Å². The Morgan fingerprint density at radius 1 is 1.15 bits per heavy atom. The third-order valence-electron chi connectivity index (χ3n) is 5.61. The number of nitrogen functional groups attached to an aromatic ring is 1. The first-order chi connectivity index (χ1) is 16.4. The summed E-state index contributed by atoms with van der Waals surface area (Å²) in [5.74, 6) is 0.505. The van der Waals surface area contributed by atoms with Crippen LogP contribution < -0.4 is 15.8 Å². The Labute approximate surface area is 200 Å². The zero-order chi connectivity index (χ0) is 24.1. The number of amides is 2. The summed E-state index contributed by atoms with van der Waals surface area (Å²) in [6.07, 6.45) is 1.60. The average Bonchev–Trinajstić information content (AvgIpc) is 3.50. The lowest BCUT2D eigenvalue weighted by atomic mass is 10.1. The molecular weight excluding hydrogens is 455 g/mol. The molecule has 9 heteroatoms. The summed E-state index contributed by atoms with van der Waals surface area (Å²) in [4.78, 5) is 28.2. The van der Waals surface area contributed by atoms with Gasteiger partial charge in [-0.1, -0.05) is 12.1 Å². The smallest absolute Gasteiger partial charge is 0.243 e. The number of carbonyl (C=O) groups is 2. The van der Waals surface area contributed by atoms with Crippen molar-refractivity contribution in [2.24, 2.45) is 5.73 Å². The third-order valence-corrected chi connectivity index (χ3v) is 6.54. The van der Waals surface area contributed by atoms with E-state index in [1.807, 2.05) is 12.1 Å². The van der Waals surface area contributed by atoms with Crippen LogP contribution in [0.2, 0.25) is 0 Å². The highest BCUT2D eigenvalue weighted by molar-refractivity contribution is 7.10. The molecule has 176 valence electrons. The van der Waals surface area contributed by atoms with Crippen LogP contribution in [0, 0.1) is 11.2 Å². The molecule has 0 bridgehead atoms. The summed E-state index contributed by atoms with van der Waals surface area (Å²) in [6.45, 7) is 0.890. The van der Waals surface area contributed by atoms with Crippen molar-refractivity contribution >= 4 is 29.0 Å². The minimum absolute atomic E-state index is 0.00329. The summed E-state index contributed by atoms with van der Waals surface area (Å²) in [5, 5.41) is 12.2. The molecule has 2 aromatic carbocycles. The van der Waals surface area contributed by atoms with Crippen molar-refractivity contribution in [3.8, 4) is 11.5 Å². The molecule has 4 N–H and O–H groups in total. The normalized spacial score (nSPS) is 15.2. The van der Waals surface area contributed by atoms with Crippen LogP contribution in [-0.2, 0) is 22.6 Å². The average molecular weight is 481 g/mol. The molecule has 1 aliphatic rings. The Hall–Kier alpha value is -3.72. The molecule has 1 saturated heterocycles. The molecule has 0 radical (unpaired) electrons. The largest absolute Gasteiger partial charge is 0.457 e. The molecule has 1 fully saturated rings.